The average Bonchev–Trinajstić information content (AvgIpc) is 3.81. The molecule has 0 fully saturated rings. The van der Waals surface area contributed by atoms with E-state index in [1.165, 1.54) is 0 Å². The lowest BCUT2D eigenvalue weighted by Gasteiger charge is -2.20. The molecule has 2 aromatic heterocycles. The maximum absolute atomic E-state index is 15.2. The number of hydrogen-bond donors (Lipinski definition) is 0. The van der Waals surface area contributed by atoms with Crippen molar-refractivity contribution in [3.05, 3.63) is 243 Å². The van der Waals surface area contributed by atoms with Crippen molar-refractivity contribution >= 4 is 55.8 Å². The first-order valence-corrected chi connectivity index (χ1v) is 24.1. The Bertz CT molecular complexity index is 3720. The Labute approximate surface area is 388 Å². The van der Waals surface area contributed by atoms with Gasteiger partial charge >= 0.3 is 0 Å². The minimum Gasteiger partial charge on any atom is -0.455 e. The molecule has 0 radical (unpaired) electrons. The van der Waals surface area contributed by atoms with E-state index in [0.29, 0.717) is 17.5 Å². The molecule has 0 bridgehead atoms. The summed E-state index contributed by atoms with van der Waals surface area (Å²) in [7, 11) is -3.13. The summed E-state index contributed by atoms with van der Waals surface area (Å²) >= 11 is 0. The number of nitrogens with zero attached hydrogens (tertiary/aromatic N) is 3. The summed E-state index contributed by atoms with van der Waals surface area (Å²) in [6.07, 6.45) is 0. The van der Waals surface area contributed by atoms with Crippen LogP contribution in [0.5, 0.6) is 0 Å². The Morgan fingerprint density at radius 3 is 1.36 bits per heavy atom. The molecule has 0 aliphatic heterocycles. The van der Waals surface area contributed by atoms with Crippen LogP contribution in [-0.2, 0) is 4.57 Å². The van der Waals surface area contributed by atoms with Crippen LogP contribution in [0.1, 0.15) is 0 Å². The van der Waals surface area contributed by atoms with Crippen molar-refractivity contribution in [3.8, 4) is 67.5 Å². The molecular formula is C61H40N3O2P. The average molecular weight is 878 g/mol. The second-order valence-corrected chi connectivity index (χ2v) is 19.4. The summed E-state index contributed by atoms with van der Waals surface area (Å²) in [6, 6.07) is 82.2. The molecule has 0 aliphatic rings. The normalized spacial score (nSPS) is 11.6. The SMILES string of the molecule is O=P(c1ccccc1)(c1ccccc1)c1ccc(-c2cccc3oc4c5ccccc5c(-c5cccc(-c6cccc(-c7nc(-c8ccccc8)nc(-c8ccccc8)n7)c6)c5)cc4c23)cc1. The highest BCUT2D eigenvalue weighted by Gasteiger charge is 2.29. The molecule has 0 atom stereocenters. The van der Waals surface area contributed by atoms with Gasteiger partial charge in [0, 0.05) is 48.8 Å². The maximum Gasteiger partial charge on any atom is 0.171 e. The molecule has 2 heterocycles. The smallest absolute Gasteiger partial charge is 0.171 e. The van der Waals surface area contributed by atoms with Gasteiger partial charge in [0.15, 0.2) is 24.6 Å². The lowest BCUT2D eigenvalue weighted by molar-refractivity contribution is 0.592. The van der Waals surface area contributed by atoms with Crippen LogP contribution in [-0.4, -0.2) is 15.0 Å². The fraction of sp³-hybridized carbons (Fsp3) is 0. The molecule has 0 unspecified atom stereocenters. The third-order valence-electron chi connectivity index (χ3n) is 12.6. The largest absolute Gasteiger partial charge is 0.455 e. The lowest BCUT2D eigenvalue weighted by atomic mass is 9.92. The van der Waals surface area contributed by atoms with Gasteiger partial charge in [-0.1, -0.05) is 218 Å². The quantitative estimate of drug-likeness (QED) is 0.135. The standard InChI is InChI=1S/C61H40N3O2P/c65-67(48-26-9-3-10-27-48,49-28-11-4-12-29-49)50-36-34-41(35-37-50)51-32-17-33-56-57(51)55-40-54(52-30-13-14-31-53(52)58(55)66-56)46-24-15-22-44(38-46)45-23-16-25-47(39-45)61-63-59(42-18-5-1-6-19-42)62-60(64-61)43-20-7-2-8-21-43/h1-40H. The van der Waals surface area contributed by atoms with Crippen LogP contribution in [0.2, 0.25) is 0 Å². The fourth-order valence-electron chi connectivity index (χ4n) is 9.34. The van der Waals surface area contributed by atoms with Crippen molar-refractivity contribution in [1.29, 1.82) is 0 Å². The predicted molar refractivity (Wildman–Crippen MR) is 277 cm³/mol. The second-order valence-electron chi connectivity index (χ2n) is 16.7. The van der Waals surface area contributed by atoms with Crippen molar-refractivity contribution in [2.75, 3.05) is 0 Å². The molecule has 0 amide bonds. The zero-order valence-corrected chi connectivity index (χ0v) is 37.1. The van der Waals surface area contributed by atoms with Gasteiger partial charge in [-0.15, -0.1) is 0 Å². The zero-order chi connectivity index (χ0) is 44.7. The lowest BCUT2D eigenvalue weighted by Crippen LogP contribution is -2.24. The van der Waals surface area contributed by atoms with Crippen LogP contribution in [0.15, 0.2) is 247 Å². The highest BCUT2D eigenvalue weighted by atomic mass is 31.2. The van der Waals surface area contributed by atoms with Crippen molar-refractivity contribution in [1.82, 2.24) is 15.0 Å². The highest BCUT2D eigenvalue weighted by molar-refractivity contribution is 7.85. The van der Waals surface area contributed by atoms with Gasteiger partial charge in [0.25, 0.3) is 0 Å². The molecule has 6 heteroatoms. The zero-order valence-electron chi connectivity index (χ0n) is 36.2. The van der Waals surface area contributed by atoms with Gasteiger partial charge in [-0.05, 0) is 63.0 Å². The number of fused-ring (bicyclic) bond motifs is 5. The monoisotopic (exact) mass is 877 g/mol. The first-order valence-electron chi connectivity index (χ1n) is 22.4. The van der Waals surface area contributed by atoms with Gasteiger partial charge in [0.05, 0.1) is 0 Å². The predicted octanol–water partition coefficient (Wildman–Crippen LogP) is 14.6. The van der Waals surface area contributed by atoms with E-state index in [-0.39, 0.29) is 0 Å². The van der Waals surface area contributed by atoms with Gasteiger partial charge in [-0.3, -0.25) is 0 Å². The minimum absolute atomic E-state index is 0.612. The van der Waals surface area contributed by atoms with Gasteiger partial charge in [0.1, 0.15) is 11.2 Å². The van der Waals surface area contributed by atoms with E-state index in [1.807, 2.05) is 140 Å². The van der Waals surface area contributed by atoms with E-state index in [1.54, 1.807) is 0 Å². The summed E-state index contributed by atoms with van der Waals surface area (Å²) in [6.45, 7) is 0. The number of rotatable bonds is 9. The molecule has 0 N–H and O–H groups in total. The molecule has 10 aromatic carbocycles. The summed E-state index contributed by atoms with van der Waals surface area (Å²) < 4.78 is 22.0. The highest BCUT2D eigenvalue weighted by Crippen LogP contribution is 2.45. The van der Waals surface area contributed by atoms with Crippen LogP contribution in [0, 0.1) is 0 Å². The maximum atomic E-state index is 15.2. The molecule has 12 aromatic rings. The van der Waals surface area contributed by atoms with Gasteiger partial charge in [-0.2, -0.15) is 0 Å². The Morgan fingerprint density at radius 1 is 0.313 bits per heavy atom. The topological polar surface area (TPSA) is 68.9 Å². The van der Waals surface area contributed by atoms with E-state index < -0.39 is 7.14 Å². The van der Waals surface area contributed by atoms with Gasteiger partial charge in [0.2, 0.25) is 0 Å². The number of benzene rings is 10. The van der Waals surface area contributed by atoms with E-state index >= 15 is 4.57 Å². The summed E-state index contributed by atoms with van der Waals surface area (Å²) in [5.74, 6) is 1.87. The van der Waals surface area contributed by atoms with Crippen molar-refractivity contribution in [2.45, 2.75) is 0 Å². The number of aromatic nitrogens is 3. The second kappa shape index (κ2) is 16.8. The Kier molecular flexibility index (Phi) is 10.0. The van der Waals surface area contributed by atoms with Crippen molar-refractivity contribution in [2.24, 2.45) is 0 Å². The van der Waals surface area contributed by atoms with E-state index in [0.717, 1.165) is 98.7 Å². The first-order chi connectivity index (χ1) is 33.1. The van der Waals surface area contributed by atoms with Crippen LogP contribution in [0.25, 0.3) is 100 Å². The van der Waals surface area contributed by atoms with Gasteiger partial charge in [-0.25, -0.2) is 15.0 Å². The van der Waals surface area contributed by atoms with E-state index in [9.17, 15) is 0 Å². The molecule has 0 saturated heterocycles. The molecule has 12 rings (SSSR count). The Hall–Kier alpha value is -8.50. The molecule has 316 valence electrons. The van der Waals surface area contributed by atoms with Crippen LogP contribution in [0.3, 0.4) is 0 Å². The minimum atomic E-state index is -3.13. The van der Waals surface area contributed by atoms with E-state index in [2.05, 4.69) is 103 Å². The summed E-state index contributed by atoms with van der Waals surface area (Å²) in [5.41, 5.74) is 10.8. The third-order valence-corrected chi connectivity index (χ3v) is 15.7. The number of furan rings is 1. The molecule has 5 nitrogen and oxygen atoms in total. The fourth-order valence-corrected chi connectivity index (χ4v) is 12.0. The molecular weight excluding hydrogens is 838 g/mol. The third kappa shape index (κ3) is 7.23. The van der Waals surface area contributed by atoms with Crippen LogP contribution < -0.4 is 15.9 Å². The summed E-state index contributed by atoms with van der Waals surface area (Å²) in [4.78, 5) is 14.9. The Morgan fingerprint density at radius 2 is 0.761 bits per heavy atom. The van der Waals surface area contributed by atoms with Gasteiger partial charge < -0.3 is 8.98 Å². The first kappa shape index (κ1) is 40.0. The molecule has 0 aliphatic carbocycles. The molecule has 0 spiro atoms. The Balaban J connectivity index is 0.957. The van der Waals surface area contributed by atoms with Crippen LogP contribution in [0.4, 0.5) is 0 Å². The van der Waals surface area contributed by atoms with Crippen molar-refractivity contribution < 1.29 is 8.98 Å². The summed E-state index contributed by atoms with van der Waals surface area (Å²) in [5, 5.41) is 6.64. The number of hydrogen-bond acceptors (Lipinski definition) is 5. The van der Waals surface area contributed by atoms with E-state index in [4.69, 9.17) is 19.4 Å². The van der Waals surface area contributed by atoms with Crippen LogP contribution >= 0.6 is 7.14 Å². The van der Waals surface area contributed by atoms with Crippen molar-refractivity contribution in [3.63, 3.8) is 0 Å². The molecule has 0 saturated carbocycles. The molecule has 67 heavy (non-hydrogen) atoms.